The largest absolute Gasteiger partial charge is 0.492 e. The summed E-state index contributed by atoms with van der Waals surface area (Å²) in [6.45, 7) is 6.83. The van der Waals surface area contributed by atoms with E-state index in [0.29, 0.717) is 5.75 Å². The molecule has 4 heteroatoms. The summed E-state index contributed by atoms with van der Waals surface area (Å²) in [5.74, 6) is 1.08. The summed E-state index contributed by atoms with van der Waals surface area (Å²) >= 11 is 0. The number of hydrogen-bond acceptors (Lipinski definition) is 4. The lowest BCUT2D eigenvalue weighted by atomic mass is 10.1. The van der Waals surface area contributed by atoms with Gasteiger partial charge in [0, 0.05) is 5.56 Å². The fraction of sp³-hybridized carbons (Fsp3) is 0.520. The van der Waals surface area contributed by atoms with Crippen LogP contribution in [0.3, 0.4) is 0 Å². The highest BCUT2D eigenvalue weighted by molar-refractivity contribution is 5.75. The normalized spacial score (nSPS) is 11.8. The summed E-state index contributed by atoms with van der Waals surface area (Å²) in [6, 6.07) is 11.4. The van der Waals surface area contributed by atoms with Gasteiger partial charge in [0.1, 0.15) is 11.5 Å². The fourth-order valence-electron chi connectivity index (χ4n) is 2.96. The van der Waals surface area contributed by atoms with Crippen LogP contribution in [-0.2, 0) is 4.79 Å². The topological polar surface area (TPSA) is 48.4 Å². The second-order valence-corrected chi connectivity index (χ2v) is 7.60. The summed E-state index contributed by atoms with van der Waals surface area (Å²) in [6.07, 6.45) is 11.5. The van der Waals surface area contributed by atoms with Crippen molar-refractivity contribution in [3.05, 3.63) is 42.6 Å². The van der Waals surface area contributed by atoms with Gasteiger partial charge in [-0.1, -0.05) is 59.3 Å². The number of hydrogen-bond donors (Lipinski definition) is 0. The van der Waals surface area contributed by atoms with Crippen LogP contribution in [0.15, 0.2) is 42.6 Å². The van der Waals surface area contributed by atoms with Crippen LogP contribution >= 0.6 is 0 Å². The average molecular weight is 398 g/mol. The molecule has 1 aromatic heterocycles. The maximum absolute atomic E-state index is 11.9. The Labute approximate surface area is 175 Å². The van der Waals surface area contributed by atoms with Crippen LogP contribution in [0.1, 0.15) is 72.1 Å². The SMILES string of the molecule is CCCCCCCCCOc1ccc(-c2ccc(OC(=O)C(C)CC)cc2)nc1. The van der Waals surface area contributed by atoms with Crippen LogP contribution in [0.25, 0.3) is 11.3 Å². The number of unbranched alkanes of at least 4 members (excludes halogenated alkanes) is 6. The predicted octanol–water partition coefficient (Wildman–Crippen LogP) is 6.83. The van der Waals surface area contributed by atoms with Crippen molar-refractivity contribution in [3.63, 3.8) is 0 Å². The number of ether oxygens (including phenoxy) is 2. The zero-order valence-electron chi connectivity index (χ0n) is 18.2. The number of esters is 1. The molecule has 0 radical (unpaired) electrons. The highest BCUT2D eigenvalue weighted by atomic mass is 16.5. The Morgan fingerprint density at radius 3 is 2.17 bits per heavy atom. The average Bonchev–Trinajstić information content (AvgIpc) is 2.76. The maximum Gasteiger partial charge on any atom is 0.314 e. The standard InChI is InChI=1S/C25H35NO3/c1-4-6-7-8-9-10-11-18-28-23-16-17-24(26-19-23)21-12-14-22(15-13-21)29-25(27)20(3)5-2/h12-17,19-20H,4-11,18H2,1-3H3. The van der Waals surface area contributed by atoms with Crippen LogP contribution in [0.5, 0.6) is 11.5 Å². The monoisotopic (exact) mass is 397 g/mol. The van der Waals surface area contributed by atoms with Gasteiger partial charge in [0.15, 0.2) is 0 Å². The van der Waals surface area contributed by atoms with Gasteiger partial charge in [-0.2, -0.15) is 0 Å². The van der Waals surface area contributed by atoms with E-state index in [1.54, 1.807) is 6.20 Å². The lowest BCUT2D eigenvalue weighted by Gasteiger charge is -2.10. The Hall–Kier alpha value is -2.36. The number of benzene rings is 1. The summed E-state index contributed by atoms with van der Waals surface area (Å²) in [4.78, 5) is 16.4. The molecule has 2 rings (SSSR count). The van der Waals surface area contributed by atoms with Gasteiger partial charge in [-0.15, -0.1) is 0 Å². The molecule has 1 heterocycles. The minimum atomic E-state index is -0.194. The van der Waals surface area contributed by atoms with Crippen molar-refractivity contribution < 1.29 is 14.3 Å². The number of rotatable bonds is 13. The lowest BCUT2D eigenvalue weighted by Crippen LogP contribution is -2.16. The number of aromatic nitrogens is 1. The van der Waals surface area contributed by atoms with E-state index in [1.807, 2.05) is 50.2 Å². The molecule has 0 spiro atoms. The minimum absolute atomic E-state index is 0.0926. The highest BCUT2D eigenvalue weighted by Crippen LogP contribution is 2.23. The third kappa shape index (κ3) is 8.26. The number of carbonyl (C=O) groups excluding carboxylic acids is 1. The molecule has 0 aliphatic heterocycles. The predicted molar refractivity (Wildman–Crippen MR) is 118 cm³/mol. The highest BCUT2D eigenvalue weighted by Gasteiger charge is 2.13. The van der Waals surface area contributed by atoms with E-state index in [9.17, 15) is 4.79 Å². The zero-order chi connectivity index (χ0) is 20.9. The van der Waals surface area contributed by atoms with Crippen molar-refractivity contribution in [1.82, 2.24) is 4.98 Å². The first kappa shape index (κ1) is 22.9. The Morgan fingerprint density at radius 1 is 0.897 bits per heavy atom. The van der Waals surface area contributed by atoms with Gasteiger partial charge in [-0.25, -0.2) is 0 Å². The van der Waals surface area contributed by atoms with Crippen LogP contribution < -0.4 is 9.47 Å². The molecule has 1 unspecified atom stereocenters. The van der Waals surface area contributed by atoms with Crippen molar-refractivity contribution in [2.75, 3.05) is 6.61 Å². The van der Waals surface area contributed by atoms with Gasteiger partial charge < -0.3 is 9.47 Å². The number of nitrogens with zero attached hydrogens (tertiary/aromatic N) is 1. The number of pyridine rings is 1. The zero-order valence-corrected chi connectivity index (χ0v) is 18.2. The molecular formula is C25H35NO3. The summed E-state index contributed by atoms with van der Waals surface area (Å²) < 4.78 is 11.2. The Bertz CT molecular complexity index is 710. The summed E-state index contributed by atoms with van der Waals surface area (Å²) in [5, 5.41) is 0. The van der Waals surface area contributed by atoms with Crippen molar-refractivity contribution in [2.24, 2.45) is 5.92 Å². The van der Waals surface area contributed by atoms with E-state index >= 15 is 0 Å². The molecule has 2 aromatic rings. The minimum Gasteiger partial charge on any atom is -0.492 e. The van der Waals surface area contributed by atoms with Gasteiger partial charge in [0.25, 0.3) is 0 Å². The van der Waals surface area contributed by atoms with Crippen LogP contribution in [0.4, 0.5) is 0 Å². The Balaban J connectivity index is 1.76. The molecule has 4 nitrogen and oxygen atoms in total. The molecule has 0 fully saturated rings. The van der Waals surface area contributed by atoms with E-state index < -0.39 is 0 Å². The maximum atomic E-state index is 11.9. The fourth-order valence-corrected chi connectivity index (χ4v) is 2.96. The van der Waals surface area contributed by atoms with Crippen LogP contribution in [0, 0.1) is 5.92 Å². The van der Waals surface area contributed by atoms with Crippen LogP contribution in [-0.4, -0.2) is 17.6 Å². The van der Waals surface area contributed by atoms with Gasteiger partial charge >= 0.3 is 5.97 Å². The van der Waals surface area contributed by atoms with Gasteiger partial charge in [-0.05, 0) is 49.2 Å². The van der Waals surface area contributed by atoms with Crippen molar-refractivity contribution in [2.45, 2.75) is 72.1 Å². The third-order valence-corrected chi connectivity index (χ3v) is 5.14. The molecule has 0 bridgehead atoms. The quantitative estimate of drug-likeness (QED) is 0.211. The number of carbonyl (C=O) groups is 1. The lowest BCUT2D eigenvalue weighted by molar-refractivity contribution is -0.138. The molecule has 1 atom stereocenters. The second kappa shape index (κ2) is 13.0. The smallest absolute Gasteiger partial charge is 0.314 e. The van der Waals surface area contributed by atoms with Gasteiger partial charge in [0.2, 0.25) is 0 Å². The van der Waals surface area contributed by atoms with Crippen molar-refractivity contribution >= 4 is 5.97 Å². The molecule has 1 aromatic carbocycles. The first-order valence-electron chi connectivity index (χ1n) is 11.0. The summed E-state index contributed by atoms with van der Waals surface area (Å²) in [5.41, 5.74) is 1.85. The third-order valence-electron chi connectivity index (χ3n) is 5.14. The molecule has 0 N–H and O–H groups in total. The van der Waals surface area contributed by atoms with Gasteiger partial charge in [0.05, 0.1) is 24.4 Å². The van der Waals surface area contributed by atoms with Crippen molar-refractivity contribution in [3.8, 4) is 22.8 Å². The molecule has 0 saturated carbocycles. The molecule has 0 aliphatic carbocycles. The Kier molecular flexibility index (Phi) is 10.3. The van der Waals surface area contributed by atoms with E-state index in [4.69, 9.17) is 9.47 Å². The first-order chi connectivity index (χ1) is 14.1. The van der Waals surface area contributed by atoms with Crippen molar-refractivity contribution in [1.29, 1.82) is 0 Å². The van der Waals surface area contributed by atoms with E-state index in [0.717, 1.165) is 36.5 Å². The molecule has 0 saturated heterocycles. The van der Waals surface area contributed by atoms with E-state index in [-0.39, 0.29) is 11.9 Å². The van der Waals surface area contributed by atoms with Gasteiger partial charge in [-0.3, -0.25) is 9.78 Å². The molecule has 0 aliphatic rings. The first-order valence-corrected chi connectivity index (χ1v) is 11.0. The molecule has 29 heavy (non-hydrogen) atoms. The Morgan fingerprint density at radius 2 is 1.55 bits per heavy atom. The molecule has 158 valence electrons. The van der Waals surface area contributed by atoms with E-state index in [2.05, 4.69) is 11.9 Å². The second-order valence-electron chi connectivity index (χ2n) is 7.60. The molecular weight excluding hydrogens is 362 g/mol. The van der Waals surface area contributed by atoms with Crippen LogP contribution in [0.2, 0.25) is 0 Å². The molecule has 0 amide bonds. The van der Waals surface area contributed by atoms with E-state index in [1.165, 1.54) is 38.5 Å². The summed E-state index contributed by atoms with van der Waals surface area (Å²) in [7, 11) is 0.